The average Bonchev–Trinajstić information content (AvgIpc) is 2.75. The smallest absolute Gasteiger partial charge is 0.309 e. The lowest BCUT2D eigenvalue weighted by Crippen LogP contribution is -2.70. The predicted octanol–water partition coefficient (Wildman–Crippen LogP) is 2.88. The Morgan fingerprint density at radius 2 is 1.03 bits per heavy atom. The van der Waals surface area contributed by atoms with Crippen molar-refractivity contribution in [1.29, 1.82) is 0 Å². The zero-order valence-corrected chi connectivity index (χ0v) is 19.6. The van der Waals surface area contributed by atoms with Crippen LogP contribution in [0.4, 0.5) is 0 Å². The molecular weight excluding hydrogens is 416 g/mol. The van der Waals surface area contributed by atoms with Gasteiger partial charge in [-0.15, -0.1) is 0 Å². The predicted molar refractivity (Wildman–Crippen MR) is 114 cm³/mol. The fourth-order valence-electron chi connectivity index (χ4n) is 6.36. The number of carbonyl (C=O) groups is 3. The number of carbonyl (C=O) groups excluding carboxylic acids is 2. The summed E-state index contributed by atoms with van der Waals surface area (Å²) in [5, 5.41) is 27.8. The normalized spacial score (nSPS) is 36.1. The zero-order valence-electron chi connectivity index (χ0n) is 19.6. The number of carboxylic acids is 1. The first-order valence-corrected chi connectivity index (χ1v) is 11.9. The molecule has 0 spiro atoms. The Bertz CT molecular complexity index is 696. The number of esters is 2. The summed E-state index contributed by atoms with van der Waals surface area (Å²) < 4.78 is 11.8. The molecule has 0 aromatic rings. The molecule has 0 amide bonds. The fourth-order valence-corrected chi connectivity index (χ4v) is 6.36. The minimum atomic E-state index is -1.34. The van der Waals surface area contributed by atoms with Gasteiger partial charge >= 0.3 is 17.9 Å². The highest BCUT2D eigenvalue weighted by molar-refractivity contribution is 5.75. The van der Waals surface area contributed by atoms with Gasteiger partial charge in [0.1, 0.15) is 12.2 Å². The Labute approximate surface area is 189 Å². The van der Waals surface area contributed by atoms with Gasteiger partial charge in [-0.3, -0.25) is 14.4 Å². The molecule has 0 radical (unpaired) electrons. The molecular formula is C24H38O8. The van der Waals surface area contributed by atoms with Crippen molar-refractivity contribution in [3.8, 4) is 0 Å². The lowest BCUT2D eigenvalue weighted by atomic mass is 9.51. The van der Waals surface area contributed by atoms with E-state index in [-0.39, 0.29) is 35.6 Å². The Kier molecular flexibility index (Phi) is 7.25. The van der Waals surface area contributed by atoms with E-state index in [1.165, 1.54) is 0 Å². The van der Waals surface area contributed by atoms with Crippen LogP contribution in [0.1, 0.15) is 79.1 Å². The lowest BCUT2D eigenvalue weighted by Gasteiger charge is -2.61. The van der Waals surface area contributed by atoms with E-state index >= 15 is 0 Å². The molecule has 182 valence electrons. The van der Waals surface area contributed by atoms with E-state index in [9.17, 15) is 24.6 Å². The molecule has 0 bridgehead atoms. The van der Waals surface area contributed by atoms with Crippen LogP contribution >= 0.6 is 0 Å². The molecule has 0 unspecified atom stereocenters. The van der Waals surface area contributed by atoms with E-state index in [4.69, 9.17) is 14.6 Å². The van der Waals surface area contributed by atoms with E-state index < -0.39 is 35.3 Å². The molecule has 32 heavy (non-hydrogen) atoms. The SMILES string of the molecule is CC1(C)C(OC(=O)C2CCC(C(=O)O)CC2)C(C)(C)C1OC(=O)C1CCC(C(O)O)CC1. The molecule has 0 heterocycles. The second-order valence-corrected chi connectivity index (χ2v) is 11.2. The Morgan fingerprint density at radius 3 is 1.38 bits per heavy atom. The van der Waals surface area contributed by atoms with Crippen molar-refractivity contribution in [1.82, 2.24) is 0 Å². The van der Waals surface area contributed by atoms with E-state index in [1.807, 2.05) is 27.7 Å². The van der Waals surface area contributed by atoms with Gasteiger partial charge < -0.3 is 24.8 Å². The van der Waals surface area contributed by atoms with Crippen molar-refractivity contribution >= 4 is 17.9 Å². The van der Waals surface area contributed by atoms with Gasteiger partial charge in [0.05, 0.1) is 17.8 Å². The zero-order chi connectivity index (χ0) is 23.8. The highest BCUT2D eigenvalue weighted by Gasteiger charge is 2.66. The molecule has 8 nitrogen and oxygen atoms in total. The first kappa shape index (κ1) is 25.0. The van der Waals surface area contributed by atoms with E-state index in [0.29, 0.717) is 51.4 Å². The number of hydrogen-bond acceptors (Lipinski definition) is 7. The third-order valence-corrected chi connectivity index (χ3v) is 8.11. The van der Waals surface area contributed by atoms with Gasteiger partial charge in [-0.2, -0.15) is 0 Å². The molecule has 3 saturated carbocycles. The number of ether oxygens (including phenoxy) is 2. The maximum Gasteiger partial charge on any atom is 0.309 e. The van der Waals surface area contributed by atoms with Gasteiger partial charge in [0.2, 0.25) is 0 Å². The molecule has 0 saturated heterocycles. The van der Waals surface area contributed by atoms with Crippen LogP contribution in [0.25, 0.3) is 0 Å². The molecule has 0 atom stereocenters. The summed E-state index contributed by atoms with van der Waals surface area (Å²) in [7, 11) is 0. The van der Waals surface area contributed by atoms with Crippen LogP contribution in [0.3, 0.4) is 0 Å². The van der Waals surface area contributed by atoms with Crippen molar-refractivity contribution in [3.63, 3.8) is 0 Å². The Morgan fingerprint density at radius 1 is 0.688 bits per heavy atom. The van der Waals surface area contributed by atoms with Crippen LogP contribution in [0.5, 0.6) is 0 Å². The van der Waals surface area contributed by atoms with Crippen molar-refractivity contribution in [3.05, 3.63) is 0 Å². The van der Waals surface area contributed by atoms with Gasteiger partial charge in [0.15, 0.2) is 6.29 Å². The molecule has 3 aliphatic carbocycles. The average molecular weight is 455 g/mol. The Hall–Kier alpha value is -1.67. The molecule has 0 aromatic heterocycles. The van der Waals surface area contributed by atoms with Gasteiger partial charge in [0.25, 0.3) is 0 Å². The number of rotatable bonds is 6. The first-order valence-electron chi connectivity index (χ1n) is 11.9. The third kappa shape index (κ3) is 4.81. The van der Waals surface area contributed by atoms with Crippen LogP contribution in [-0.2, 0) is 23.9 Å². The minimum absolute atomic E-state index is 0.190. The highest BCUT2D eigenvalue weighted by atomic mass is 16.6. The van der Waals surface area contributed by atoms with Crippen molar-refractivity contribution in [2.24, 2.45) is 34.5 Å². The maximum absolute atomic E-state index is 12.8. The van der Waals surface area contributed by atoms with Crippen LogP contribution in [0, 0.1) is 34.5 Å². The van der Waals surface area contributed by atoms with Gasteiger partial charge in [-0.25, -0.2) is 0 Å². The van der Waals surface area contributed by atoms with Gasteiger partial charge in [0, 0.05) is 16.7 Å². The lowest BCUT2D eigenvalue weighted by molar-refractivity contribution is -0.271. The van der Waals surface area contributed by atoms with Crippen molar-refractivity contribution < 1.29 is 39.2 Å². The number of carboxylic acid groups (broad SMARTS) is 1. The van der Waals surface area contributed by atoms with E-state index in [1.54, 1.807) is 0 Å². The standard InChI is InChI=1S/C24H38O8/c1-23(2)21(31-19(29)15-9-5-13(6-10-15)17(25)26)24(3,4)22(23)32-20(30)16-11-7-14(8-12-16)18(27)28/h13-17,21-22,25-26H,5-12H2,1-4H3,(H,27,28). The second kappa shape index (κ2) is 9.29. The van der Waals surface area contributed by atoms with Crippen LogP contribution in [-0.4, -0.2) is 51.7 Å². The first-order chi connectivity index (χ1) is 14.9. The summed E-state index contributed by atoms with van der Waals surface area (Å²) >= 11 is 0. The molecule has 8 heteroatoms. The second-order valence-electron chi connectivity index (χ2n) is 11.2. The highest BCUT2D eigenvalue weighted by Crippen LogP contribution is 2.58. The largest absolute Gasteiger partial charge is 0.481 e. The number of aliphatic carboxylic acids is 1. The summed E-state index contributed by atoms with van der Waals surface area (Å²) in [5.74, 6) is -2.45. The summed E-state index contributed by atoms with van der Waals surface area (Å²) in [6.45, 7) is 7.76. The molecule has 3 fully saturated rings. The third-order valence-electron chi connectivity index (χ3n) is 8.11. The topological polar surface area (TPSA) is 130 Å². The number of aliphatic hydroxyl groups excluding tert-OH is 1. The van der Waals surface area contributed by atoms with Crippen LogP contribution in [0.15, 0.2) is 0 Å². The van der Waals surface area contributed by atoms with Crippen molar-refractivity contribution in [2.45, 2.75) is 97.6 Å². The van der Waals surface area contributed by atoms with Crippen LogP contribution in [0.2, 0.25) is 0 Å². The quantitative estimate of drug-likeness (QED) is 0.412. The molecule has 3 aliphatic rings. The monoisotopic (exact) mass is 454 g/mol. The number of hydrogen-bond donors (Lipinski definition) is 3. The van der Waals surface area contributed by atoms with Gasteiger partial charge in [-0.05, 0) is 51.4 Å². The summed E-state index contributed by atoms with van der Waals surface area (Å²) in [5.41, 5.74) is -1.07. The van der Waals surface area contributed by atoms with Gasteiger partial charge in [-0.1, -0.05) is 27.7 Å². The minimum Gasteiger partial charge on any atom is -0.481 e. The van der Waals surface area contributed by atoms with E-state index in [0.717, 1.165) is 0 Å². The molecule has 0 aliphatic heterocycles. The maximum atomic E-state index is 12.8. The number of aliphatic hydroxyl groups is 2. The van der Waals surface area contributed by atoms with Crippen LogP contribution < -0.4 is 0 Å². The molecule has 3 N–H and O–H groups in total. The fraction of sp³-hybridized carbons (Fsp3) is 0.875. The van der Waals surface area contributed by atoms with Crippen molar-refractivity contribution in [2.75, 3.05) is 0 Å². The van der Waals surface area contributed by atoms with E-state index in [2.05, 4.69) is 0 Å². The summed E-state index contributed by atoms with van der Waals surface area (Å²) in [6, 6.07) is 0. The summed E-state index contributed by atoms with van der Waals surface area (Å²) in [6.07, 6.45) is 2.19. The Balaban J connectivity index is 1.54. The summed E-state index contributed by atoms with van der Waals surface area (Å²) in [4.78, 5) is 36.7. The molecule has 0 aromatic carbocycles. The molecule has 3 rings (SSSR count).